The molecule has 1 amide bonds. The molecule has 0 aliphatic carbocycles. The smallest absolute Gasteiger partial charge is 0.252 e. The van der Waals surface area contributed by atoms with E-state index in [-0.39, 0.29) is 18.3 Å². The van der Waals surface area contributed by atoms with E-state index in [1.807, 2.05) is 13.8 Å². The number of ether oxygens (including phenoxy) is 1. The van der Waals surface area contributed by atoms with Crippen molar-refractivity contribution in [3.63, 3.8) is 0 Å². The molecular weight excluding hydrogens is 320 g/mol. The maximum atomic E-state index is 11.9. The first kappa shape index (κ1) is 17.2. The van der Waals surface area contributed by atoms with Crippen molar-refractivity contribution in [3.8, 4) is 5.75 Å². The van der Waals surface area contributed by atoms with Gasteiger partial charge in [-0.1, -0.05) is 0 Å². The van der Waals surface area contributed by atoms with Crippen molar-refractivity contribution in [2.24, 2.45) is 5.73 Å². The highest BCUT2D eigenvalue weighted by Gasteiger charge is 2.15. The van der Waals surface area contributed by atoms with Crippen LogP contribution >= 0.6 is 28.3 Å². The molecule has 0 heterocycles. The van der Waals surface area contributed by atoms with Crippen LogP contribution in [-0.4, -0.2) is 25.1 Å². The number of amides is 1. The van der Waals surface area contributed by atoms with E-state index in [2.05, 4.69) is 21.2 Å². The molecule has 4 nitrogen and oxygen atoms in total. The van der Waals surface area contributed by atoms with Gasteiger partial charge in [-0.2, -0.15) is 0 Å². The molecule has 0 saturated carbocycles. The van der Waals surface area contributed by atoms with Gasteiger partial charge < -0.3 is 15.8 Å². The Balaban J connectivity index is 0.00000289. The number of hydrogen-bond acceptors (Lipinski definition) is 3. The molecular formula is C12H18BrClN2O2. The highest BCUT2D eigenvalue weighted by Crippen LogP contribution is 2.22. The third-order valence-electron chi connectivity index (χ3n) is 2.12. The average molecular weight is 338 g/mol. The second kappa shape index (κ2) is 6.97. The monoisotopic (exact) mass is 336 g/mol. The maximum Gasteiger partial charge on any atom is 0.252 e. The van der Waals surface area contributed by atoms with Crippen LogP contribution in [0.5, 0.6) is 5.75 Å². The van der Waals surface area contributed by atoms with E-state index in [4.69, 9.17) is 10.5 Å². The first-order valence-electron chi connectivity index (χ1n) is 5.24. The fraction of sp³-hybridized carbons (Fsp3) is 0.417. The van der Waals surface area contributed by atoms with E-state index in [9.17, 15) is 4.79 Å². The zero-order chi connectivity index (χ0) is 13.1. The van der Waals surface area contributed by atoms with Crippen LogP contribution in [0.3, 0.4) is 0 Å². The van der Waals surface area contributed by atoms with Crippen LogP contribution in [0.15, 0.2) is 22.7 Å². The summed E-state index contributed by atoms with van der Waals surface area (Å²) < 4.78 is 5.81. The van der Waals surface area contributed by atoms with Crippen molar-refractivity contribution >= 4 is 34.2 Å². The van der Waals surface area contributed by atoms with Gasteiger partial charge in [0, 0.05) is 16.6 Å². The van der Waals surface area contributed by atoms with Crippen molar-refractivity contribution in [1.29, 1.82) is 0 Å². The van der Waals surface area contributed by atoms with E-state index >= 15 is 0 Å². The van der Waals surface area contributed by atoms with Crippen LogP contribution in [-0.2, 0) is 0 Å². The second-order valence-electron chi connectivity index (χ2n) is 4.52. The molecule has 0 spiro atoms. The zero-order valence-corrected chi connectivity index (χ0v) is 13.0. The molecule has 0 aliphatic rings. The predicted octanol–water partition coefficient (Wildman–Crippen LogP) is 2.35. The lowest BCUT2D eigenvalue weighted by atomic mass is 10.1. The number of carbonyl (C=O) groups excluding carboxylic acids is 1. The SMILES string of the molecule is COc1ccc(Br)c(C(=O)NCC(C)(C)N)c1.Cl. The van der Waals surface area contributed by atoms with Crippen molar-refractivity contribution in [2.45, 2.75) is 19.4 Å². The van der Waals surface area contributed by atoms with Crippen LogP contribution < -0.4 is 15.8 Å². The fourth-order valence-electron chi connectivity index (χ4n) is 1.21. The molecule has 0 unspecified atom stereocenters. The molecule has 0 atom stereocenters. The van der Waals surface area contributed by atoms with Gasteiger partial charge in [0.15, 0.2) is 0 Å². The van der Waals surface area contributed by atoms with Crippen molar-refractivity contribution in [2.75, 3.05) is 13.7 Å². The Morgan fingerprint density at radius 3 is 2.61 bits per heavy atom. The van der Waals surface area contributed by atoms with Crippen LogP contribution in [0.2, 0.25) is 0 Å². The molecule has 1 aromatic rings. The Morgan fingerprint density at radius 2 is 2.11 bits per heavy atom. The first-order chi connectivity index (χ1) is 7.83. The van der Waals surface area contributed by atoms with Crippen LogP contribution in [0.25, 0.3) is 0 Å². The molecule has 6 heteroatoms. The Hall–Kier alpha value is -0.780. The highest BCUT2D eigenvalue weighted by atomic mass is 79.9. The summed E-state index contributed by atoms with van der Waals surface area (Å²) in [6.07, 6.45) is 0. The lowest BCUT2D eigenvalue weighted by Gasteiger charge is -2.19. The molecule has 0 saturated heterocycles. The van der Waals surface area contributed by atoms with Gasteiger partial charge in [0.05, 0.1) is 12.7 Å². The van der Waals surface area contributed by atoms with Crippen LogP contribution in [0.4, 0.5) is 0 Å². The lowest BCUT2D eigenvalue weighted by molar-refractivity contribution is 0.0945. The quantitative estimate of drug-likeness (QED) is 0.886. The molecule has 0 fully saturated rings. The fourth-order valence-corrected chi connectivity index (χ4v) is 1.64. The van der Waals surface area contributed by atoms with Crippen molar-refractivity contribution < 1.29 is 9.53 Å². The van der Waals surface area contributed by atoms with Crippen LogP contribution in [0, 0.1) is 0 Å². The number of nitrogens with one attached hydrogen (secondary N) is 1. The third kappa shape index (κ3) is 5.25. The van der Waals surface area contributed by atoms with Crippen LogP contribution in [0.1, 0.15) is 24.2 Å². The Labute approximate surface area is 122 Å². The Morgan fingerprint density at radius 1 is 1.50 bits per heavy atom. The molecule has 0 radical (unpaired) electrons. The van der Waals surface area contributed by atoms with Gasteiger partial charge in [-0.15, -0.1) is 12.4 Å². The Kier molecular flexibility index (Phi) is 6.67. The summed E-state index contributed by atoms with van der Waals surface area (Å²) in [6, 6.07) is 5.25. The molecule has 0 bridgehead atoms. The topological polar surface area (TPSA) is 64.3 Å². The number of nitrogens with two attached hydrogens (primary N) is 1. The van der Waals surface area contributed by atoms with Gasteiger partial charge in [-0.3, -0.25) is 4.79 Å². The molecule has 18 heavy (non-hydrogen) atoms. The minimum Gasteiger partial charge on any atom is -0.497 e. The van der Waals surface area contributed by atoms with Gasteiger partial charge in [-0.25, -0.2) is 0 Å². The first-order valence-corrected chi connectivity index (χ1v) is 6.03. The summed E-state index contributed by atoms with van der Waals surface area (Å²) in [5.41, 5.74) is 5.91. The largest absolute Gasteiger partial charge is 0.497 e. The molecule has 0 aromatic heterocycles. The molecule has 0 aliphatic heterocycles. The number of carbonyl (C=O) groups is 1. The molecule has 1 aromatic carbocycles. The standard InChI is InChI=1S/C12H17BrN2O2.ClH/c1-12(2,14)7-15-11(16)9-6-8(17-3)4-5-10(9)13;/h4-6H,7,14H2,1-3H3,(H,15,16);1H. The average Bonchev–Trinajstić information content (AvgIpc) is 2.25. The third-order valence-corrected chi connectivity index (χ3v) is 2.81. The number of rotatable bonds is 4. The van der Waals surface area contributed by atoms with E-state index in [1.54, 1.807) is 25.3 Å². The summed E-state index contributed by atoms with van der Waals surface area (Å²) in [5.74, 6) is 0.472. The molecule has 1 rings (SSSR count). The minimum atomic E-state index is -0.430. The number of hydrogen-bond donors (Lipinski definition) is 2. The van der Waals surface area contributed by atoms with E-state index in [1.165, 1.54) is 0 Å². The second-order valence-corrected chi connectivity index (χ2v) is 5.37. The number of halogens is 2. The van der Waals surface area contributed by atoms with Crippen molar-refractivity contribution in [1.82, 2.24) is 5.32 Å². The number of benzene rings is 1. The van der Waals surface area contributed by atoms with E-state index in [0.29, 0.717) is 17.9 Å². The lowest BCUT2D eigenvalue weighted by Crippen LogP contribution is -2.45. The Bertz CT molecular complexity index is 419. The zero-order valence-electron chi connectivity index (χ0n) is 10.6. The van der Waals surface area contributed by atoms with E-state index < -0.39 is 5.54 Å². The summed E-state index contributed by atoms with van der Waals surface area (Å²) in [4.78, 5) is 11.9. The van der Waals surface area contributed by atoms with E-state index in [0.717, 1.165) is 4.47 Å². The maximum absolute atomic E-state index is 11.9. The van der Waals surface area contributed by atoms with Gasteiger partial charge >= 0.3 is 0 Å². The normalized spacial score (nSPS) is 10.5. The van der Waals surface area contributed by atoms with Gasteiger partial charge in [-0.05, 0) is 48.0 Å². The molecule has 102 valence electrons. The summed E-state index contributed by atoms with van der Waals surface area (Å²) in [6.45, 7) is 4.12. The van der Waals surface area contributed by atoms with Gasteiger partial charge in [0.2, 0.25) is 0 Å². The summed E-state index contributed by atoms with van der Waals surface area (Å²) >= 11 is 3.33. The number of methoxy groups -OCH3 is 1. The summed E-state index contributed by atoms with van der Waals surface area (Å²) in [5, 5.41) is 2.78. The van der Waals surface area contributed by atoms with Gasteiger partial charge in [0.25, 0.3) is 5.91 Å². The molecule has 3 N–H and O–H groups in total. The minimum absolute atomic E-state index is 0. The highest BCUT2D eigenvalue weighted by molar-refractivity contribution is 9.10. The van der Waals surface area contributed by atoms with Crippen molar-refractivity contribution in [3.05, 3.63) is 28.2 Å². The van der Waals surface area contributed by atoms with Gasteiger partial charge in [0.1, 0.15) is 5.75 Å². The summed E-state index contributed by atoms with van der Waals surface area (Å²) in [7, 11) is 1.56. The predicted molar refractivity (Wildman–Crippen MR) is 78.5 cm³/mol.